The number of benzene rings is 1. The van der Waals surface area contributed by atoms with Crippen molar-refractivity contribution in [3.8, 4) is 0 Å². The molecule has 0 spiro atoms. The van der Waals surface area contributed by atoms with E-state index in [0.29, 0.717) is 48.4 Å². The number of aliphatic hydroxyl groups excluding tert-OH is 2. The number of hydrogen-bond donors (Lipinski definition) is 4. The number of H-pyrrole nitrogens is 1. The third kappa shape index (κ3) is 5.66. The lowest BCUT2D eigenvalue weighted by atomic mass is 10.1. The molecule has 1 aliphatic heterocycles. The van der Waals surface area contributed by atoms with Crippen LogP contribution in [0.2, 0.25) is 0 Å². The summed E-state index contributed by atoms with van der Waals surface area (Å²) in [5.41, 5.74) is 1.79. The van der Waals surface area contributed by atoms with E-state index in [-0.39, 0.29) is 17.4 Å². The molecule has 0 saturated carbocycles. The van der Waals surface area contributed by atoms with E-state index in [2.05, 4.69) is 29.8 Å². The van der Waals surface area contributed by atoms with E-state index in [0.717, 1.165) is 18.6 Å². The summed E-state index contributed by atoms with van der Waals surface area (Å²) in [7, 11) is -5.45. The number of unbranched alkanes of at least 4 members (excludes halogenated alkanes) is 1. The second kappa shape index (κ2) is 11.4. The lowest BCUT2D eigenvalue weighted by Gasteiger charge is -2.30. The van der Waals surface area contributed by atoms with Crippen LogP contribution in [0.3, 0.4) is 0 Å². The number of nitrogens with two attached hydrogens (primary N) is 1. The number of ether oxygens (including phenoxy) is 1. The smallest absolute Gasteiger partial charge is 0.387 e. The van der Waals surface area contributed by atoms with Crippen LogP contribution in [0.4, 0.5) is 19.0 Å². The van der Waals surface area contributed by atoms with Crippen molar-refractivity contribution in [2.24, 2.45) is 0 Å². The number of sulfone groups is 1. The van der Waals surface area contributed by atoms with Crippen LogP contribution in [0, 0.1) is 0 Å². The second-order valence-corrected chi connectivity index (χ2v) is 12.4. The molecule has 0 amide bonds. The molecule has 0 unspecified atom stereocenters. The number of fused-ring (bicyclic) bond motifs is 2. The minimum atomic E-state index is -5.45. The van der Waals surface area contributed by atoms with E-state index < -0.39 is 44.8 Å². The Morgan fingerprint density at radius 2 is 1.93 bits per heavy atom. The van der Waals surface area contributed by atoms with Gasteiger partial charge in [-0.05, 0) is 51.4 Å². The number of aliphatic hydroxyl groups is 2. The highest BCUT2D eigenvalue weighted by molar-refractivity contribution is 7.92. The highest BCUT2D eigenvalue weighted by Crippen LogP contribution is 2.33. The fourth-order valence-electron chi connectivity index (χ4n) is 5.03. The van der Waals surface area contributed by atoms with Gasteiger partial charge in [0, 0.05) is 19.0 Å². The maximum absolute atomic E-state index is 12.9. The van der Waals surface area contributed by atoms with Crippen molar-refractivity contribution in [1.82, 2.24) is 34.4 Å². The summed E-state index contributed by atoms with van der Waals surface area (Å²) in [5, 5.41) is 21.5. The third-order valence-corrected chi connectivity index (χ3v) is 8.85. The highest BCUT2D eigenvalue weighted by atomic mass is 32.2. The number of aromatic nitrogens is 6. The summed E-state index contributed by atoms with van der Waals surface area (Å²) in [5.74, 6) is 0.719. The molecule has 4 heterocycles. The van der Waals surface area contributed by atoms with Crippen LogP contribution in [0.1, 0.15) is 38.7 Å². The molecule has 1 aromatic carbocycles. The quantitative estimate of drug-likeness (QED) is 0.192. The van der Waals surface area contributed by atoms with Crippen LogP contribution < -0.4 is 5.73 Å². The molecule has 228 valence electrons. The van der Waals surface area contributed by atoms with Gasteiger partial charge in [0.25, 0.3) is 9.84 Å². The first-order chi connectivity index (χ1) is 19.8. The van der Waals surface area contributed by atoms with Crippen LogP contribution in [0.5, 0.6) is 0 Å². The predicted molar refractivity (Wildman–Crippen MR) is 145 cm³/mol. The monoisotopic (exact) mass is 612 g/mol. The van der Waals surface area contributed by atoms with Crippen LogP contribution in [0.15, 0.2) is 35.7 Å². The van der Waals surface area contributed by atoms with Crippen LogP contribution in [0.25, 0.3) is 22.2 Å². The van der Waals surface area contributed by atoms with E-state index in [9.17, 15) is 31.8 Å². The van der Waals surface area contributed by atoms with Gasteiger partial charge in [0.1, 0.15) is 36.0 Å². The van der Waals surface area contributed by atoms with Gasteiger partial charge in [0.15, 0.2) is 17.7 Å². The normalized spacial score (nSPS) is 21.8. The number of nitrogen functional groups attached to an aromatic ring is 1. The third-order valence-electron chi connectivity index (χ3n) is 7.37. The average molecular weight is 613 g/mol. The van der Waals surface area contributed by atoms with Crippen molar-refractivity contribution < 1.29 is 36.5 Å². The van der Waals surface area contributed by atoms with Crippen molar-refractivity contribution >= 4 is 37.9 Å². The van der Waals surface area contributed by atoms with Gasteiger partial charge in [0.05, 0.1) is 22.3 Å². The number of imidazole rings is 2. The Bertz CT molecular complexity index is 1680. The Labute approximate surface area is 238 Å². The zero-order valence-electron chi connectivity index (χ0n) is 22.7. The first-order valence-electron chi connectivity index (χ1n) is 13.3. The van der Waals surface area contributed by atoms with Gasteiger partial charge in [-0.2, -0.15) is 13.2 Å². The number of anilines is 1. The molecule has 5 N–H and O–H groups in total. The summed E-state index contributed by atoms with van der Waals surface area (Å²) < 4.78 is 69.8. The number of halogens is 3. The van der Waals surface area contributed by atoms with Crippen LogP contribution in [-0.2, 0) is 21.0 Å². The minimum absolute atomic E-state index is 0.0961. The minimum Gasteiger partial charge on any atom is -0.387 e. The fraction of sp³-hybridized carbons (Fsp3) is 0.520. The molecule has 0 aliphatic carbocycles. The Morgan fingerprint density at radius 3 is 2.64 bits per heavy atom. The molecular formula is C25H31F3N8O5S. The molecule has 17 heteroatoms. The molecule has 1 fully saturated rings. The SMILES string of the molecule is CC(C)N(CCCCc1nc2ccc(S(=O)(=O)C(F)(F)F)cc2[nH]1)C[C@H]1O[C@@H](n2cnc3c(N)ncnc32)[C@H](O)[C@@H]1O. The topological polar surface area (TPSA) is 185 Å². The van der Waals surface area contributed by atoms with Crippen molar-refractivity contribution in [3.05, 3.63) is 36.7 Å². The maximum atomic E-state index is 12.9. The summed E-state index contributed by atoms with van der Waals surface area (Å²) >= 11 is 0. The first-order valence-corrected chi connectivity index (χ1v) is 14.7. The van der Waals surface area contributed by atoms with Gasteiger partial charge in [-0.15, -0.1) is 0 Å². The fourth-order valence-corrected chi connectivity index (χ4v) is 5.81. The molecule has 1 aliphatic rings. The number of aromatic amines is 1. The number of alkyl halides is 3. The van der Waals surface area contributed by atoms with Gasteiger partial charge in [0.2, 0.25) is 0 Å². The average Bonchev–Trinajstić information content (AvgIpc) is 3.61. The van der Waals surface area contributed by atoms with Crippen LogP contribution in [-0.4, -0.2) is 96.0 Å². The zero-order chi connectivity index (χ0) is 30.4. The molecule has 4 aromatic rings. The molecular weight excluding hydrogens is 581 g/mol. The molecule has 5 rings (SSSR count). The number of nitrogens with zero attached hydrogens (tertiary/aromatic N) is 6. The largest absolute Gasteiger partial charge is 0.501 e. The van der Waals surface area contributed by atoms with Crippen molar-refractivity contribution in [1.29, 1.82) is 0 Å². The van der Waals surface area contributed by atoms with Crippen molar-refractivity contribution in [2.75, 3.05) is 18.8 Å². The molecule has 4 atom stereocenters. The molecule has 42 heavy (non-hydrogen) atoms. The molecule has 0 bridgehead atoms. The standard InChI is InChI=1S/C25H31F3N8O5S/c1-13(2)35(10-17-20(37)21(38)24(41-17)36-12-32-19-22(29)30-11-31-23(19)36)8-4-3-5-18-33-15-7-6-14(9-16(15)34-18)42(39,40)25(26,27)28/h6-7,9,11-13,17,20-21,24,37-38H,3-5,8,10H2,1-2H3,(H,33,34)(H2,29,30,31)/t17-,20-,21-,24-/m1/s1. The lowest BCUT2D eigenvalue weighted by Crippen LogP contribution is -2.43. The Morgan fingerprint density at radius 1 is 1.17 bits per heavy atom. The lowest BCUT2D eigenvalue weighted by molar-refractivity contribution is -0.0469. The van der Waals surface area contributed by atoms with E-state index in [1.807, 2.05) is 13.8 Å². The maximum Gasteiger partial charge on any atom is 0.501 e. The molecule has 1 saturated heterocycles. The van der Waals surface area contributed by atoms with Gasteiger partial charge in [-0.25, -0.2) is 28.4 Å². The van der Waals surface area contributed by atoms with E-state index in [4.69, 9.17) is 10.5 Å². The van der Waals surface area contributed by atoms with Crippen LogP contribution >= 0.6 is 0 Å². The predicted octanol–water partition coefficient (Wildman–Crippen LogP) is 1.93. The number of hydrogen-bond acceptors (Lipinski definition) is 11. The second-order valence-electron chi connectivity index (χ2n) is 10.5. The van der Waals surface area contributed by atoms with Gasteiger partial charge >= 0.3 is 5.51 Å². The van der Waals surface area contributed by atoms with Crippen molar-refractivity contribution in [2.45, 2.75) is 74.1 Å². The Hall–Kier alpha value is -3.38. The van der Waals surface area contributed by atoms with Crippen molar-refractivity contribution in [3.63, 3.8) is 0 Å². The number of aryl methyl sites for hydroxylation is 1. The van der Waals surface area contributed by atoms with Gasteiger partial charge in [-0.1, -0.05) is 0 Å². The van der Waals surface area contributed by atoms with E-state index >= 15 is 0 Å². The van der Waals surface area contributed by atoms with E-state index in [1.165, 1.54) is 23.3 Å². The number of nitrogens with one attached hydrogen (secondary N) is 1. The zero-order valence-corrected chi connectivity index (χ0v) is 23.5. The molecule has 3 aromatic heterocycles. The highest BCUT2D eigenvalue weighted by Gasteiger charge is 2.47. The molecule has 13 nitrogen and oxygen atoms in total. The first kappa shape index (κ1) is 30.1. The van der Waals surface area contributed by atoms with Gasteiger partial charge < -0.3 is 25.7 Å². The summed E-state index contributed by atoms with van der Waals surface area (Å²) in [6.45, 7) is 4.99. The molecule has 0 radical (unpaired) electrons. The van der Waals surface area contributed by atoms with Gasteiger partial charge in [-0.3, -0.25) is 9.47 Å². The number of rotatable bonds is 10. The summed E-state index contributed by atoms with van der Waals surface area (Å²) in [6.07, 6.45) is 0.619. The Kier molecular flexibility index (Phi) is 8.14. The summed E-state index contributed by atoms with van der Waals surface area (Å²) in [4.78, 5) is 20.8. The van der Waals surface area contributed by atoms with E-state index in [1.54, 1.807) is 0 Å². The summed E-state index contributed by atoms with van der Waals surface area (Å²) in [6, 6.07) is 3.18. The Balaban J connectivity index is 1.18.